The van der Waals surface area contributed by atoms with Gasteiger partial charge in [0.25, 0.3) is 0 Å². The zero-order valence-electron chi connectivity index (χ0n) is 12.5. The van der Waals surface area contributed by atoms with Crippen molar-refractivity contribution in [2.75, 3.05) is 17.7 Å². The van der Waals surface area contributed by atoms with E-state index in [9.17, 15) is 0 Å². The lowest BCUT2D eigenvalue weighted by atomic mass is 10.1. The van der Waals surface area contributed by atoms with Crippen LogP contribution < -0.4 is 10.6 Å². The third-order valence-corrected chi connectivity index (χ3v) is 3.39. The normalized spacial score (nSPS) is 12.8. The lowest BCUT2D eigenvalue weighted by Crippen LogP contribution is -2.30. The maximum atomic E-state index is 5.99. The first-order chi connectivity index (χ1) is 8.38. The third-order valence-electron chi connectivity index (χ3n) is 3.39. The Balaban J connectivity index is 3.14. The van der Waals surface area contributed by atoms with E-state index in [1.54, 1.807) is 0 Å². The number of rotatable bonds is 5. The molecule has 18 heavy (non-hydrogen) atoms. The fourth-order valence-corrected chi connectivity index (χ4v) is 1.96. The molecule has 0 aliphatic heterocycles. The molecule has 0 bridgehead atoms. The summed E-state index contributed by atoms with van der Waals surface area (Å²) in [5, 5.41) is 0. The summed E-state index contributed by atoms with van der Waals surface area (Å²) < 4.78 is 0. The Hall–Kier alpha value is -1.32. The van der Waals surface area contributed by atoms with Crippen molar-refractivity contribution in [3.8, 4) is 0 Å². The fraction of sp³-hybridized carbons (Fsp3) is 0.714. The Morgan fingerprint density at radius 2 is 1.83 bits per heavy atom. The summed E-state index contributed by atoms with van der Waals surface area (Å²) in [6.07, 6.45) is 2.32. The van der Waals surface area contributed by atoms with Gasteiger partial charge >= 0.3 is 0 Å². The van der Waals surface area contributed by atoms with Crippen LogP contribution >= 0.6 is 0 Å². The molecule has 0 radical (unpaired) electrons. The molecule has 0 amide bonds. The van der Waals surface area contributed by atoms with Gasteiger partial charge in [0.1, 0.15) is 17.5 Å². The predicted octanol–water partition coefficient (Wildman–Crippen LogP) is 3.12. The summed E-state index contributed by atoms with van der Waals surface area (Å²) in [6, 6.07) is 0.461. The van der Waals surface area contributed by atoms with Gasteiger partial charge in [-0.1, -0.05) is 27.2 Å². The largest absolute Gasteiger partial charge is 0.383 e. The van der Waals surface area contributed by atoms with E-state index >= 15 is 0 Å². The number of anilines is 2. The number of nitrogens with zero attached hydrogens (tertiary/aromatic N) is 3. The van der Waals surface area contributed by atoms with Gasteiger partial charge in [-0.25, -0.2) is 9.97 Å². The van der Waals surface area contributed by atoms with E-state index in [0.717, 1.165) is 23.6 Å². The summed E-state index contributed by atoms with van der Waals surface area (Å²) in [4.78, 5) is 11.2. The minimum Gasteiger partial charge on any atom is -0.383 e. The minimum absolute atomic E-state index is 0.293. The van der Waals surface area contributed by atoms with Gasteiger partial charge in [-0.15, -0.1) is 0 Å². The highest BCUT2D eigenvalue weighted by Gasteiger charge is 2.17. The molecule has 0 fully saturated rings. The maximum Gasteiger partial charge on any atom is 0.137 e. The quantitative estimate of drug-likeness (QED) is 0.872. The molecule has 1 rings (SSSR count). The molecule has 0 spiro atoms. The van der Waals surface area contributed by atoms with Gasteiger partial charge in [-0.05, 0) is 20.3 Å². The molecule has 0 saturated carbocycles. The van der Waals surface area contributed by atoms with Crippen molar-refractivity contribution in [1.82, 2.24) is 9.97 Å². The minimum atomic E-state index is 0.293. The molecule has 1 unspecified atom stereocenters. The van der Waals surface area contributed by atoms with Crippen LogP contribution in [0.25, 0.3) is 0 Å². The zero-order valence-corrected chi connectivity index (χ0v) is 12.5. The van der Waals surface area contributed by atoms with Crippen LogP contribution in [-0.4, -0.2) is 23.1 Å². The molecule has 102 valence electrons. The smallest absolute Gasteiger partial charge is 0.137 e. The summed E-state index contributed by atoms with van der Waals surface area (Å²) in [5.41, 5.74) is 6.97. The number of hydrogen-bond acceptors (Lipinski definition) is 4. The van der Waals surface area contributed by atoms with E-state index < -0.39 is 0 Å². The van der Waals surface area contributed by atoms with Gasteiger partial charge in [-0.2, -0.15) is 0 Å². The highest BCUT2D eigenvalue weighted by molar-refractivity contribution is 5.56. The van der Waals surface area contributed by atoms with Gasteiger partial charge in [0, 0.05) is 24.6 Å². The zero-order chi connectivity index (χ0) is 13.9. The first-order valence-corrected chi connectivity index (χ1v) is 6.75. The summed E-state index contributed by atoms with van der Waals surface area (Å²) in [5.74, 6) is 2.68. The van der Waals surface area contributed by atoms with Crippen LogP contribution in [-0.2, 0) is 0 Å². The van der Waals surface area contributed by atoms with Gasteiger partial charge in [0.05, 0.1) is 0 Å². The first kappa shape index (κ1) is 14.7. The lowest BCUT2D eigenvalue weighted by molar-refractivity contribution is 0.606. The SMILES string of the molecule is CCCC(C)N(C)c1nc(C(C)C)nc(N)c1C. The second-order valence-corrected chi connectivity index (χ2v) is 5.32. The van der Waals surface area contributed by atoms with Crippen LogP contribution in [0.3, 0.4) is 0 Å². The molecule has 2 N–H and O–H groups in total. The topological polar surface area (TPSA) is 55.0 Å². The van der Waals surface area contributed by atoms with Crippen molar-refractivity contribution >= 4 is 11.6 Å². The molecule has 0 aromatic carbocycles. The van der Waals surface area contributed by atoms with Crippen LogP contribution in [0.1, 0.15) is 57.8 Å². The van der Waals surface area contributed by atoms with E-state index in [4.69, 9.17) is 5.73 Å². The van der Waals surface area contributed by atoms with Crippen LogP contribution in [0.5, 0.6) is 0 Å². The second kappa shape index (κ2) is 6.03. The van der Waals surface area contributed by atoms with Crippen LogP contribution in [0.15, 0.2) is 0 Å². The molecule has 1 aromatic rings. The molecular weight excluding hydrogens is 224 g/mol. The van der Waals surface area contributed by atoms with Crippen LogP contribution in [0.2, 0.25) is 0 Å². The van der Waals surface area contributed by atoms with E-state index in [2.05, 4.69) is 49.6 Å². The number of aromatic nitrogens is 2. The summed E-state index contributed by atoms with van der Waals surface area (Å²) in [7, 11) is 2.08. The number of nitrogen functional groups attached to an aromatic ring is 1. The number of hydrogen-bond donors (Lipinski definition) is 1. The van der Waals surface area contributed by atoms with Crippen molar-refractivity contribution in [2.24, 2.45) is 0 Å². The lowest BCUT2D eigenvalue weighted by Gasteiger charge is -2.28. The van der Waals surface area contributed by atoms with E-state index in [-0.39, 0.29) is 0 Å². The van der Waals surface area contributed by atoms with Crippen molar-refractivity contribution in [1.29, 1.82) is 0 Å². The highest BCUT2D eigenvalue weighted by Crippen LogP contribution is 2.25. The Kier molecular flexibility index (Phi) is 4.93. The molecule has 0 aliphatic carbocycles. The van der Waals surface area contributed by atoms with Gasteiger partial charge in [0.15, 0.2) is 0 Å². The summed E-state index contributed by atoms with van der Waals surface area (Å²) >= 11 is 0. The van der Waals surface area contributed by atoms with Crippen molar-refractivity contribution in [3.05, 3.63) is 11.4 Å². The Morgan fingerprint density at radius 1 is 1.22 bits per heavy atom. The van der Waals surface area contributed by atoms with Crippen molar-refractivity contribution in [3.63, 3.8) is 0 Å². The third kappa shape index (κ3) is 3.12. The van der Waals surface area contributed by atoms with Gasteiger partial charge in [-0.3, -0.25) is 0 Å². The monoisotopic (exact) mass is 250 g/mol. The average Bonchev–Trinajstić information content (AvgIpc) is 2.31. The molecule has 1 aromatic heterocycles. The Labute approximate surface area is 111 Å². The summed E-state index contributed by atoms with van der Waals surface area (Å²) in [6.45, 7) is 10.6. The number of nitrogens with two attached hydrogens (primary N) is 1. The predicted molar refractivity (Wildman–Crippen MR) is 78.0 cm³/mol. The second-order valence-electron chi connectivity index (χ2n) is 5.32. The Morgan fingerprint density at radius 3 is 2.33 bits per heavy atom. The van der Waals surface area contributed by atoms with Crippen molar-refractivity contribution < 1.29 is 0 Å². The Bertz CT molecular complexity index is 401. The molecular formula is C14H26N4. The van der Waals surface area contributed by atoms with Gasteiger partial charge < -0.3 is 10.6 Å². The average molecular weight is 250 g/mol. The molecule has 0 aliphatic rings. The van der Waals surface area contributed by atoms with E-state index in [0.29, 0.717) is 17.8 Å². The van der Waals surface area contributed by atoms with E-state index in [1.807, 2.05) is 6.92 Å². The van der Waals surface area contributed by atoms with Gasteiger partial charge in [0.2, 0.25) is 0 Å². The molecule has 4 heteroatoms. The fourth-order valence-electron chi connectivity index (χ4n) is 1.96. The van der Waals surface area contributed by atoms with Crippen LogP contribution in [0.4, 0.5) is 11.6 Å². The highest BCUT2D eigenvalue weighted by atomic mass is 15.2. The molecule has 4 nitrogen and oxygen atoms in total. The standard InChI is InChI=1S/C14H26N4/c1-7-8-10(4)18(6)14-11(5)12(15)16-13(17-14)9(2)3/h9-10H,7-8H2,1-6H3,(H2,15,16,17). The molecule has 1 atom stereocenters. The molecule has 0 saturated heterocycles. The maximum absolute atomic E-state index is 5.99. The van der Waals surface area contributed by atoms with E-state index in [1.165, 1.54) is 6.42 Å². The first-order valence-electron chi connectivity index (χ1n) is 6.75. The van der Waals surface area contributed by atoms with Crippen molar-refractivity contribution in [2.45, 2.75) is 59.4 Å². The molecule has 1 heterocycles. The van der Waals surface area contributed by atoms with Crippen LogP contribution in [0, 0.1) is 6.92 Å².